The quantitative estimate of drug-likeness (QED) is 0.792. The Morgan fingerprint density at radius 3 is 2.83 bits per heavy atom. The first-order valence-corrected chi connectivity index (χ1v) is 8.94. The van der Waals surface area contributed by atoms with Crippen molar-refractivity contribution in [3.8, 4) is 16.9 Å². The Morgan fingerprint density at radius 1 is 1.25 bits per heavy atom. The number of methoxy groups -OCH3 is 1. The fourth-order valence-electron chi connectivity index (χ4n) is 3.23. The van der Waals surface area contributed by atoms with Crippen molar-refractivity contribution >= 4 is 27.4 Å². The first-order chi connectivity index (χ1) is 11.8. The van der Waals surface area contributed by atoms with Gasteiger partial charge >= 0.3 is 0 Å². The molecule has 1 aliphatic rings. The molecule has 1 atom stereocenters. The van der Waals surface area contributed by atoms with E-state index >= 15 is 0 Å². The van der Waals surface area contributed by atoms with Crippen LogP contribution in [0.1, 0.15) is 12.8 Å². The largest absolute Gasteiger partial charge is 0.497 e. The fourth-order valence-corrected chi connectivity index (χ4v) is 4.14. The number of piperidine rings is 1. The predicted molar refractivity (Wildman–Crippen MR) is 96.9 cm³/mol. The molecule has 124 valence electrons. The monoisotopic (exact) mass is 341 g/mol. The lowest BCUT2D eigenvalue weighted by Gasteiger charge is -2.31. The average Bonchev–Trinajstić information content (AvgIpc) is 3.06. The number of fused-ring (bicyclic) bond motifs is 1. The molecule has 1 aliphatic heterocycles. The summed E-state index contributed by atoms with van der Waals surface area (Å²) < 4.78 is 5.25. The zero-order chi connectivity index (χ0) is 16.5. The molecule has 0 spiro atoms. The van der Waals surface area contributed by atoms with E-state index in [0.717, 1.165) is 52.3 Å². The highest BCUT2D eigenvalue weighted by atomic mass is 32.1. The number of β-amino-alcohol motifs (C(OH)–C–C–N with tert-alkyl or cyclic N) is 1. The molecule has 1 saturated heterocycles. The Morgan fingerprint density at radius 2 is 2.08 bits per heavy atom. The van der Waals surface area contributed by atoms with Gasteiger partial charge in [-0.05, 0) is 30.5 Å². The van der Waals surface area contributed by atoms with E-state index in [9.17, 15) is 5.11 Å². The van der Waals surface area contributed by atoms with Crippen molar-refractivity contribution in [2.45, 2.75) is 18.9 Å². The van der Waals surface area contributed by atoms with Crippen LogP contribution >= 0.6 is 11.3 Å². The molecule has 3 heterocycles. The molecule has 6 heteroatoms. The summed E-state index contributed by atoms with van der Waals surface area (Å²) in [5.74, 6) is 1.76. The van der Waals surface area contributed by atoms with Crippen molar-refractivity contribution < 1.29 is 9.84 Å². The molecule has 5 nitrogen and oxygen atoms in total. The van der Waals surface area contributed by atoms with E-state index in [-0.39, 0.29) is 6.10 Å². The highest BCUT2D eigenvalue weighted by molar-refractivity contribution is 7.17. The summed E-state index contributed by atoms with van der Waals surface area (Å²) in [6.07, 6.45) is 3.17. The number of aliphatic hydroxyl groups excluding tert-OH is 1. The maximum Gasteiger partial charge on any atom is 0.141 e. The maximum absolute atomic E-state index is 10.0. The second-order valence-corrected chi connectivity index (χ2v) is 6.86. The molecule has 1 N–H and O–H groups in total. The fraction of sp³-hybridized carbons (Fsp3) is 0.333. The van der Waals surface area contributed by atoms with E-state index in [1.54, 1.807) is 24.8 Å². The first-order valence-electron chi connectivity index (χ1n) is 8.06. The summed E-state index contributed by atoms with van der Waals surface area (Å²) in [6.45, 7) is 1.55. The van der Waals surface area contributed by atoms with Crippen LogP contribution < -0.4 is 9.64 Å². The average molecular weight is 341 g/mol. The number of anilines is 1. The van der Waals surface area contributed by atoms with E-state index < -0.39 is 0 Å². The Kier molecular flexibility index (Phi) is 4.08. The van der Waals surface area contributed by atoms with Crippen LogP contribution in [0.15, 0.2) is 36.0 Å². The molecular formula is C18H19N3O2S. The number of hydrogen-bond acceptors (Lipinski definition) is 6. The van der Waals surface area contributed by atoms with Crippen molar-refractivity contribution in [1.82, 2.24) is 9.97 Å². The molecule has 1 aromatic carbocycles. The van der Waals surface area contributed by atoms with Crippen molar-refractivity contribution in [1.29, 1.82) is 0 Å². The van der Waals surface area contributed by atoms with Gasteiger partial charge in [0.15, 0.2) is 0 Å². The van der Waals surface area contributed by atoms with Gasteiger partial charge in [0.2, 0.25) is 0 Å². The van der Waals surface area contributed by atoms with E-state index in [4.69, 9.17) is 4.74 Å². The van der Waals surface area contributed by atoms with Crippen molar-refractivity contribution in [2.24, 2.45) is 0 Å². The van der Waals surface area contributed by atoms with Crippen molar-refractivity contribution in [3.63, 3.8) is 0 Å². The molecule has 0 radical (unpaired) electrons. The van der Waals surface area contributed by atoms with E-state index in [0.29, 0.717) is 6.54 Å². The summed E-state index contributed by atoms with van der Waals surface area (Å²) in [5, 5.41) is 13.2. The molecule has 2 aromatic heterocycles. The molecule has 0 aliphatic carbocycles. The highest BCUT2D eigenvalue weighted by Crippen LogP contribution is 2.38. The summed E-state index contributed by atoms with van der Waals surface area (Å²) in [5.41, 5.74) is 2.25. The van der Waals surface area contributed by atoms with E-state index in [2.05, 4.69) is 32.4 Å². The molecule has 0 saturated carbocycles. The predicted octanol–water partition coefficient (Wildman–Crippen LogP) is 3.33. The molecule has 0 amide bonds. The minimum atomic E-state index is -0.285. The van der Waals surface area contributed by atoms with Gasteiger partial charge in [-0.25, -0.2) is 9.97 Å². The lowest BCUT2D eigenvalue weighted by molar-refractivity contribution is 0.154. The molecule has 3 aromatic rings. The van der Waals surface area contributed by atoms with Crippen molar-refractivity contribution in [3.05, 3.63) is 36.0 Å². The minimum absolute atomic E-state index is 0.285. The maximum atomic E-state index is 10.0. The summed E-state index contributed by atoms with van der Waals surface area (Å²) in [6, 6.07) is 8.05. The van der Waals surface area contributed by atoms with Gasteiger partial charge in [0.1, 0.15) is 22.7 Å². The normalized spacial score (nSPS) is 18.1. The molecule has 24 heavy (non-hydrogen) atoms. The van der Waals surface area contributed by atoms with Gasteiger partial charge in [0.05, 0.1) is 18.6 Å². The molecule has 1 fully saturated rings. The van der Waals surface area contributed by atoms with Crippen LogP contribution in [0, 0.1) is 0 Å². The molecule has 0 unspecified atom stereocenters. The Hall–Kier alpha value is -2.18. The number of ether oxygens (including phenoxy) is 1. The minimum Gasteiger partial charge on any atom is -0.497 e. The molecule has 4 rings (SSSR count). The number of thiophene rings is 1. The molecule has 0 bridgehead atoms. The van der Waals surface area contributed by atoms with E-state index in [1.807, 2.05) is 12.1 Å². The van der Waals surface area contributed by atoms with Gasteiger partial charge in [0, 0.05) is 24.0 Å². The third kappa shape index (κ3) is 2.72. The topological polar surface area (TPSA) is 58.5 Å². The number of benzene rings is 1. The number of aliphatic hydroxyl groups is 1. The van der Waals surface area contributed by atoms with Crippen LogP contribution in [0.5, 0.6) is 5.75 Å². The zero-order valence-electron chi connectivity index (χ0n) is 13.5. The van der Waals surface area contributed by atoms with Crippen LogP contribution in [-0.4, -0.2) is 41.4 Å². The standard InChI is InChI=1S/C18H19N3O2S/c1-23-14-6-4-12(5-7-14)15-10-24-18-16(15)17(19-11-20-18)21-8-2-3-13(22)9-21/h4-7,10-11,13,22H,2-3,8-9H2,1H3/t13-/m1/s1. The number of hydrogen-bond donors (Lipinski definition) is 1. The number of rotatable bonds is 3. The van der Waals surface area contributed by atoms with Crippen LogP contribution in [0.3, 0.4) is 0 Å². The van der Waals surface area contributed by atoms with Gasteiger partial charge in [-0.15, -0.1) is 11.3 Å². The second-order valence-electron chi connectivity index (χ2n) is 6.00. The third-order valence-corrected chi connectivity index (χ3v) is 5.33. The number of nitrogens with zero attached hydrogens (tertiary/aromatic N) is 3. The van der Waals surface area contributed by atoms with Crippen LogP contribution in [0.4, 0.5) is 5.82 Å². The van der Waals surface area contributed by atoms with Gasteiger partial charge in [-0.2, -0.15) is 0 Å². The van der Waals surface area contributed by atoms with Crippen LogP contribution in [-0.2, 0) is 0 Å². The Labute approximate surface area is 144 Å². The van der Waals surface area contributed by atoms with Gasteiger partial charge in [-0.1, -0.05) is 12.1 Å². The Balaban J connectivity index is 1.81. The Bertz CT molecular complexity index is 847. The van der Waals surface area contributed by atoms with Gasteiger partial charge in [0.25, 0.3) is 0 Å². The van der Waals surface area contributed by atoms with Crippen LogP contribution in [0.2, 0.25) is 0 Å². The van der Waals surface area contributed by atoms with Crippen molar-refractivity contribution in [2.75, 3.05) is 25.1 Å². The zero-order valence-corrected chi connectivity index (χ0v) is 14.3. The highest BCUT2D eigenvalue weighted by Gasteiger charge is 2.23. The summed E-state index contributed by atoms with van der Waals surface area (Å²) in [4.78, 5) is 12.1. The first kappa shape index (κ1) is 15.4. The lowest BCUT2D eigenvalue weighted by Crippen LogP contribution is -2.38. The van der Waals surface area contributed by atoms with Crippen LogP contribution in [0.25, 0.3) is 21.3 Å². The molecular weight excluding hydrogens is 322 g/mol. The third-order valence-electron chi connectivity index (χ3n) is 4.45. The lowest BCUT2D eigenvalue weighted by atomic mass is 10.0. The SMILES string of the molecule is COc1ccc(-c2csc3ncnc(N4CCC[C@@H](O)C4)c23)cc1. The van der Waals surface area contributed by atoms with Gasteiger partial charge in [-0.3, -0.25) is 0 Å². The second kappa shape index (κ2) is 6.37. The van der Waals surface area contributed by atoms with Gasteiger partial charge < -0.3 is 14.7 Å². The van der Waals surface area contributed by atoms with E-state index in [1.165, 1.54) is 0 Å². The number of aromatic nitrogens is 2. The summed E-state index contributed by atoms with van der Waals surface area (Å²) in [7, 11) is 1.67. The summed E-state index contributed by atoms with van der Waals surface area (Å²) >= 11 is 1.63. The smallest absolute Gasteiger partial charge is 0.141 e.